The summed E-state index contributed by atoms with van der Waals surface area (Å²) in [5, 5.41) is 10.6. The van der Waals surface area contributed by atoms with Crippen LogP contribution in [0, 0.1) is 11.7 Å². The molecule has 0 aliphatic heterocycles. The molecule has 0 spiro atoms. The van der Waals surface area contributed by atoms with Crippen molar-refractivity contribution in [1.29, 1.82) is 0 Å². The zero-order chi connectivity index (χ0) is 13.8. The van der Waals surface area contributed by atoms with Crippen LogP contribution in [0.4, 0.5) is 4.39 Å². The number of aliphatic hydroxyl groups excluding tert-OH is 1. The van der Waals surface area contributed by atoms with Crippen molar-refractivity contribution in [1.82, 2.24) is 0 Å². The molecule has 1 aliphatic rings. The van der Waals surface area contributed by atoms with Gasteiger partial charge in [-0.1, -0.05) is 25.7 Å². The van der Waals surface area contributed by atoms with Gasteiger partial charge in [-0.05, 0) is 40.8 Å². The minimum Gasteiger partial charge on any atom is -0.496 e. The van der Waals surface area contributed by atoms with Crippen molar-refractivity contribution in [2.75, 3.05) is 7.11 Å². The van der Waals surface area contributed by atoms with E-state index in [1.54, 1.807) is 6.07 Å². The first kappa shape index (κ1) is 14.8. The predicted molar refractivity (Wildman–Crippen MR) is 76.8 cm³/mol. The fourth-order valence-corrected chi connectivity index (χ4v) is 3.19. The Morgan fingerprint density at radius 2 is 1.89 bits per heavy atom. The molecule has 1 fully saturated rings. The lowest BCUT2D eigenvalue weighted by molar-refractivity contribution is 0.0959. The summed E-state index contributed by atoms with van der Waals surface area (Å²) in [6.45, 7) is 0. The van der Waals surface area contributed by atoms with Gasteiger partial charge in [0.25, 0.3) is 0 Å². The van der Waals surface area contributed by atoms with E-state index in [-0.39, 0.29) is 11.7 Å². The molecule has 1 N–H and O–H groups in total. The van der Waals surface area contributed by atoms with Crippen LogP contribution in [0.25, 0.3) is 0 Å². The number of hydrogen-bond donors (Lipinski definition) is 1. The first-order chi connectivity index (χ1) is 9.13. The van der Waals surface area contributed by atoms with Gasteiger partial charge < -0.3 is 9.84 Å². The zero-order valence-corrected chi connectivity index (χ0v) is 12.7. The van der Waals surface area contributed by atoms with E-state index in [2.05, 4.69) is 15.9 Å². The van der Waals surface area contributed by atoms with Gasteiger partial charge in [0.15, 0.2) is 0 Å². The van der Waals surface area contributed by atoms with Crippen LogP contribution in [0.15, 0.2) is 16.6 Å². The van der Waals surface area contributed by atoms with Crippen molar-refractivity contribution in [2.24, 2.45) is 5.92 Å². The van der Waals surface area contributed by atoms with E-state index in [0.717, 1.165) is 25.7 Å². The first-order valence-electron chi connectivity index (χ1n) is 6.84. The second-order valence-electron chi connectivity index (χ2n) is 5.20. The van der Waals surface area contributed by atoms with E-state index in [9.17, 15) is 9.50 Å². The Labute approximate surface area is 122 Å². The van der Waals surface area contributed by atoms with E-state index >= 15 is 0 Å². The van der Waals surface area contributed by atoms with Crippen LogP contribution in [0.5, 0.6) is 5.75 Å². The molecule has 1 aromatic rings. The number of hydrogen-bond acceptors (Lipinski definition) is 2. The molecule has 4 heteroatoms. The number of benzene rings is 1. The molecule has 0 bridgehead atoms. The molecular weight excluding hydrogens is 311 g/mol. The summed E-state index contributed by atoms with van der Waals surface area (Å²) in [6.07, 6.45) is 6.28. The molecule has 2 rings (SSSR count). The number of ether oxygens (including phenoxy) is 1. The zero-order valence-electron chi connectivity index (χ0n) is 11.2. The SMILES string of the molecule is COc1cc(F)c(Br)cc1C(O)C1CCCCCC1. The molecule has 1 unspecified atom stereocenters. The van der Waals surface area contributed by atoms with Gasteiger partial charge >= 0.3 is 0 Å². The first-order valence-corrected chi connectivity index (χ1v) is 7.63. The van der Waals surface area contributed by atoms with E-state index in [1.165, 1.54) is 26.0 Å². The van der Waals surface area contributed by atoms with Crippen LogP contribution < -0.4 is 4.74 Å². The topological polar surface area (TPSA) is 29.5 Å². The predicted octanol–water partition coefficient (Wildman–Crippen LogP) is 4.60. The van der Waals surface area contributed by atoms with Crippen LogP contribution in [-0.4, -0.2) is 12.2 Å². The lowest BCUT2D eigenvalue weighted by atomic mass is 9.89. The average Bonchev–Trinajstić information content (AvgIpc) is 2.69. The average molecular weight is 331 g/mol. The molecule has 0 aromatic heterocycles. The van der Waals surface area contributed by atoms with Crippen molar-refractivity contribution in [3.63, 3.8) is 0 Å². The summed E-state index contributed by atoms with van der Waals surface area (Å²) < 4.78 is 19.1. The van der Waals surface area contributed by atoms with Crippen LogP contribution in [-0.2, 0) is 0 Å². The molecular formula is C15H20BrFO2. The van der Waals surface area contributed by atoms with E-state index in [0.29, 0.717) is 15.8 Å². The van der Waals surface area contributed by atoms with Crippen molar-refractivity contribution >= 4 is 15.9 Å². The highest BCUT2D eigenvalue weighted by Crippen LogP contribution is 2.39. The van der Waals surface area contributed by atoms with Gasteiger partial charge in [0, 0.05) is 11.6 Å². The highest BCUT2D eigenvalue weighted by atomic mass is 79.9. The molecule has 1 aliphatic carbocycles. The fraction of sp³-hybridized carbons (Fsp3) is 0.600. The molecule has 0 amide bonds. The van der Waals surface area contributed by atoms with Gasteiger partial charge in [0.2, 0.25) is 0 Å². The maximum Gasteiger partial charge on any atom is 0.141 e. The Morgan fingerprint density at radius 1 is 1.26 bits per heavy atom. The van der Waals surface area contributed by atoms with Crippen LogP contribution in [0.1, 0.15) is 50.2 Å². The Bertz CT molecular complexity index is 428. The highest BCUT2D eigenvalue weighted by molar-refractivity contribution is 9.10. The van der Waals surface area contributed by atoms with Gasteiger partial charge in [-0.25, -0.2) is 4.39 Å². The van der Waals surface area contributed by atoms with E-state index < -0.39 is 6.10 Å². The van der Waals surface area contributed by atoms with Crippen molar-refractivity contribution in [2.45, 2.75) is 44.6 Å². The third-order valence-corrected chi connectivity index (χ3v) is 4.55. The third kappa shape index (κ3) is 3.48. The van der Waals surface area contributed by atoms with Crippen LogP contribution in [0.3, 0.4) is 0 Å². The molecule has 1 aromatic carbocycles. The van der Waals surface area contributed by atoms with E-state index in [1.807, 2.05) is 0 Å². The van der Waals surface area contributed by atoms with Crippen molar-refractivity contribution in [3.8, 4) is 5.75 Å². The normalized spacial score (nSPS) is 18.9. The highest BCUT2D eigenvalue weighted by Gasteiger charge is 2.25. The Balaban J connectivity index is 2.26. The smallest absolute Gasteiger partial charge is 0.141 e. The summed E-state index contributed by atoms with van der Waals surface area (Å²) >= 11 is 3.18. The molecule has 2 nitrogen and oxygen atoms in total. The number of methoxy groups -OCH3 is 1. The number of rotatable bonds is 3. The van der Waals surface area contributed by atoms with E-state index in [4.69, 9.17) is 4.74 Å². The second-order valence-corrected chi connectivity index (χ2v) is 6.06. The monoisotopic (exact) mass is 330 g/mol. The lowest BCUT2D eigenvalue weighted by Gasteiger charge is -2.23. The molecule has 0 heterocycles. The molecule has 19 heavy (non-hydrogen) atoms. The molecule has 0 radical (unpaired) electrons. The maximum atomic E-state index is 13.5. The second kappa shape index (κ2) is 6.71. The standard InChI is InChI=1S/C15H20BrFO2/c1-19-14-9-13(17)12(16)8-11(14)15(18)10-6-4-2-3-5-7-10/h8-10,15,18H,2-7H2,1H3. The maximum absolute atomic E-state index is 13.5. The van der Waals surface area contributed by atoms with Gasteiger partial charge in [-0.15, -0.1) is 0 Å². The Hall–Kier alpha value is -0.610. The van der Waals surface area contributed by atoms with Gasteiger partial charge in [0.05, 0.1) is 17.7 Å². The summed E-state index contributed by atoms with van der Waals surface area (Å²) in [4.78, 5) is 0. The molecule has 1 saturated carbocycles. The molecule has 0 saturated heterocycles. The summed E-state index contributed by atoms with van der Waals surface area (Å²) in [6, 6.07) is 2.98. The van der Waals surface area contributed by atoms with Crippen molar-refractivity contribution < 1.29 is 14.2 Å². The largest absolute Gasteiger partial charge is 0.496 e. The van der Waals surface area contributed by atoms with Gasteiger partial charge in [-0.3, -0.25) is 0 Å². The quantitative estimate of drug-likeness (QED) is 0.820. The minimum atomic E-state index is -0.579. The molecule has 106 valence electrons. The van der Waals surface area contributed by atoms with Gasteiger partial charge in [-0.2, -0.15) is 0 Å². The minimum absolute atomic E-state index is 0.244. The fourth-order valence-electron chi connectivity index (χ4n) is 2.83. The van der Waals surface area contributed by atoms with Crippen LogP contribution >= 0.6 is 15.9 Å². The molecule has 1 atom stereocenters. The summed E-state index contributed by atoms with van der Waals surface area (Å²) in [5.74, 6) is 0.305. The summed E-state index contributed by atoms with van der Waals surface area (Å²) in [5.41, 5.74) is 0.683. The van der Waals surface area contributed by atoms with Crippen LogP contribution in [0.2, 0.25) is 0 Å². The third-order valence-electron chi connectivity index (χ3n) is 3.94. The Morgan fingerprint density at radius 3 is 2.47 bits per heavy atom. The number of aliphatic hydroxyl groups is 1. The lowest BCUT2D eigenvalue weighted by Crippen LogP contribution is -2.13. The van der Waals surface area contributed by atoms with Gasteiger partial charge in [0.1, 0.15) is 11.6 Å². The Kier molecular flexibility index (Phi) is 5.22. The summed E-state index contributed by atoms with van der Waals surface area (Å²) in [7, 11) is 1.51. The van der Waals surface area contributed by atoms with Crippen molar-refractivity contribution in [3.05, 3.63) is 28.0 Å². The number of halogens is 2.